The van der Waals surface area contributed by atoms with Crippen LogP contribution in [0.1, 0.15) is 37.8 Å². The van der Waals surface area contributed by atoms with Gasteiger partial charge < -0.3 is 20.1 Å². The van der Waals surface area contributed by atoms with E-state index in [1.165, 1.54) is 25.8 Å². The van der Waals surface area contributed by atoms with Crippen LogP contribution in [-0.4, -0.2) is 43.3 Å². The Bertz CT molecular complexity index is 436. The number of phenols is 1. The van der Waals surface area contributed by atoms with Crippen LogP contribution in [0.4, 0.5) is 0 Å². The molecule has 2 atom stereocenters. The Hall–Kier alpha value is -1.26. The van der Waals surface area contributed by atoms with Crippen LogP contribution >= 0.6 is 0 Å². The highest BCUT2D eigenvalue weighted by atomic mass is 16.5. The lowest BCUT2D eigenvalue weighted by molar-refractivity contribution is 0.178. The van der Waals surface area contributed by atoms with Gasteiger partial charge in [-0.2, -0.15) is 0 Å². The number of methoxy groups -OCH3 is 1. The molecule has 4 heteroatoms. The van der Waals surface area contributed by atoms with Crippen molar-refractivity contribution in [1.29, 1.82) is 0 Å². The zero-order valence-electron chi connectivity index (χ0n) is 12.7. The summed E-state index contributed by atoms with van der Waals surface area (Å²) >= 11 is 0. The van der Waals surface area contributed by atoms with Crippen molar-refractivity contribution in [3.63, 3.8) is 0 Å². The van der Waals surface area contributed by atoms with Crippen LogP contribution in [0.25, 0.3) is 0 Å². The van der Waals surface area contributed by atoms with Crippen LogP contribution in [0, 0.1) is 0 Å². The highest BCUT2D eigenvalue weighted by Gasteiger charge is 2.20. The maximum atomic E-state index is 10.1. The molecular weight excluding hydrogens is 252 g/mol. The summed E-state index contributed by atoms with van der Waals surface area (Å²) in [5.41, 5.74) is 0.921. The minimum atomic E-state index is 0.135. The van der Waals surface area contributed by atoms with Crippen molar-refractivity contribution in [2.75, 3.05) is 27.2 Å². The number of nitrogens with zero attached hydrogens (tertiary/aromatic N) is 1. The number of rotatable bonds is 5. The molecule has 0 radical (unpaired) electrons. The molecule has 112 valence electrons. The van der Waals surface area contributed by atoms with Gasteiger partial charge in [-0.15, -0.1) is 0 Å². The second kappa shape index (κ2) is 6.95. The van der Waals surface area contributed by atoms with Crippen molar-refractivity contribution < 1.29 is 9.84 Å². The Kier molecular flexibility index (Phi) is 5.26. The Morgan fingerprint density at radius 3 is 2.90 bits per heavy atom. The van der Waals surface area contributed by atoms with E-state index in [4.69, 9.17) is 4.74 Å². The molecule has 0 amide bonds. The lowest BCUT2D eigenvalue weighted by Gasteiger charge is -2.33. The van der Waals surface area contributed by atoms with Gasteiger partial charge in [0.25, 0.3) is 0 Å². The number of benzene rings is 1. The number of phenolic OH excluding ortho intramolecular Hbond substituents is 1. The normalized spacial score (nSPS) is 21.6. The van der Waals surface area contributed by atoms with Crippen molar-refractivity contribution >= 4 is 0 Å². The third-order valence-electron chi connectivity index (χ3n) is 4.29. The predicted octanol–water partition coefficient (Wildman–Crippen LogP) is 2.54. The van der Waals surface area contributed by atoms with Gasteiger partial charge in [0.05, 0.1) is 7.11 Å². The summed E-state index contributed by atoms with van der Waals surface area (Å²) in [6.07, 6.45) is 3.88. The van der Waals surface area contributed by atoms with Crippen LogP contribution in [0.3, 0.4) is 0 Å². The third-order valence-corrected chi connectivity index (χ3v) is 4.29. The van der Waals surface area contributed by atoms with E-state index in [0.717, 1.165) is 12.1 Å². The molecule has 20 heavy (non-hydrogen) atoms. The first-order valence-corrected chi connectivity index (χ1v) is 7.42. The molecule has 1 saturated heterocycles. The standard InChI is InChI=1S/C16H26N2O2/c1-12(15-8-7-14(20-3)10-16(15)19)17-11-13-6-4-5-9-18(13)2/h7-8,10,12-13,17,19H,4-6,9,11H2,1-3H3. The molecule has 0 saturated carbocycles. The monoisotopic (exact) mass is 278 g/mol. The minimum Gasteiger partial charge on any atom is -0.507 e. The number of piperidine rings is 1. The van der Waals surface area contributed by atoms with Gasteiger partial charge in [-0.3, -0.25) is 0 Å². The van der Waals surface area contributed by atoms with Gasteiger partial charge in [-0.05, 0) is 39.4 Å². The predicted molar refractivity (Wildman–Crippen MR) is 81.3 cm³/mol. The number of nitrogens with one attached hydrogen (secondary N) is 1. The highest BCUT2D eigenvalue weighted by Crippen LogP contribution is 2.28. The molecule has 2 unspecified atom stereocenters. The Morgan fingerprint density at radius 2 is 2.25 bits per heavy atom. The fourth-order valence-electron chi connectivity index (χ4n) is 2.84. The molecule has 1 fully saturated rings. The van der Waals surface area contributed by atoms with Gasteiger partial charge in [-0.25, -0.2) is 0 Å². The SMILES string of the molecule is COc1ccc(C(C)NCC2CCCCN2C)c(O)c1. The fraction of sp³-hybridized carbons (Fsp3) is 0.625. The van der Waals surface area contributed by atoms with Gasteiger partial charge in [0.15, 0.2) is 0 Å². The lowest BCUT2D eigenvalue weighted by Crippen LogP contribution is -2.43. The first-order chi connectivity index (χ1) is 9.61. The van der Waals surface area contributed by atoms with Crippen LogP contribution < -0.4 is 10.1 Å². The van der Waals surface area contributed by atoms with Gasteiger partial charge >= 0.3 is 0 Å². The van der Waals surface area contributed by atoms with Crippen LogP contribution in [0.2, 0.25) is 0 Å². The zero-order valence-corrected chi connectivity index (χ0v) is 12.7. The topological polar surface area (TPSA) is 44.7 Å². The molecular formula is C16H26N2O2. The van der Waals surface area contributed by atoms with Crippen molar-refractivity contribution in [2.24, 2.45) is 0 Å². The van der Waals surface area contributed by atoms with E-state index in [1.54, 1.807) is 13.2 Å². The number of hydrogen-bond donors (Lipinski definition) is 2. The fourth-order valence-corrected chi connectivity index (χ4v) is 2.84. The second-order valence-corrected chi connectivity index (χ2v) is 5.68. The summed E-state index contributed by atoms with van der Waals surface area (Å²) in [6, 6.07) is 6.22. The van der Waals surface area contributed by atoms with Crippen molar-refractivity contribution in [3.8, 4) is 11.5 Å². The summed E-state index contributed by atoms with van der Waals surface area (Å²) < 4.78 is 5.11. The van der Waals surface area contributed by atoms with Crippen molar-refractivity contribution in [2.45, 2.75) is 38.3 Å². The second-order valence-electron chi connectivity index (χ2n) is 5.68. The first-order valence-electron chi connectivity index (χ1n) is 7.42. The summed E-state index contributed by atoms with van der Waals surface area (Å²) in [5.74, 6) is 0.979. The molecule has 0 bridgehead atoms. The van der Waals surface area contributed by atoms with Crippen LogP contribution in [0.15, 0.2) is 18.2 Å². The maximum absolute atomic E-state index is 10.1. The van der Waals surface area contributed by atoms with Gasteiger partial charge in [0.1, 0.15) is 11.5 Å². The number of likely N-dealkylation sites (N-methyl/N-ethyl adjacent to an activating group) is 1. The van der Waals surface area contributed by atoms with Gasteiger partial charge in [-0.1, -0.05) is 12.5 Å². The summed E-state index contributed by atoms with van der Waals surface area (Å²) in [7, 11) is 3.80. The lowest BCUT2D eigenvalue weighted by atomic mass is 10.0. The number of hydrogen-bond acceptors (Lipinski definition) is 4. The van der Waals surface area contributed by atoms with Crippen molar-refractivity contribution in [1.82, 2.24) is 10.2 Å². The summed E-state index contributed by atoms with van der Waals surface area (Å²) in [4.78, 5) is 2.43. The molecule has 0 aliphatic carbocycles. The molecule has 4 nitrogen and oxygen atoms in total. The Labute approximate surface area is 121 Å². The third kappa shape index (κ3) is 3.64. The summed E-state index contributed by atoms with van der Waals surface area (Å²) in [6.45, 7) is 4.24. The molecule has 1 heterocycles. The molecule has 2 N–H and O–H groups in total. The highest BCUT2D eigenvalue weighted by molar-refractivity contribution is 5.41. The van der Waals surface area contributed by atoms with E-state index in [9.17, 15) is 5.11 Å². The minimum absolute atomic E-state index is 0.135. The van der Waals surface area contributed by atoms with E-state index in [0.29, 0.717) is 17.5 Å². The van der Waals surface area contributed by atoms with Crippen LogP contribution in [0.5, 0.6) is 11.5 Å². The average molecular weight is 278 g/mol. The van der Waals surface area contributed by atoms with E-state index in [-0.39, 0.29) is 6.04 Å². The first kappa shape index (κ1) is 15.1. The van der Waals surface area contributed by atoms with Gasteiger partial charge in [0, 0.05) is 30.3 Å². The number of likely N-dealkylation sites (tertiary alicyclic amines) is 1. The van der Waals surface area contributed by atoms with Gasteiger partial charge in [0.2, 0.25) is 0 Å². The molecule has 0 aromatic heterocycles. The molecule has 1 aliphatic heterocycles. The molecule has 0 spiro atoms. The van der Waals surface area contributed by atoms with Crippen LogP contribution in [-0.2, 0) is 0 Å². The Morgan fingerprint density at radius 1 is 1.45 bits per heavy atom. The van der Waals surface area contributed by atoms with Crippen molar-refractivity contribution in [3.05, 3.63) is 23.8 Å². The molecule has 1 aliphatic rings. The van der Waals surface area contributed by atoms with E-state index in [1.807, 2.05) is 12.1 Å². The summed E-state index contributed by atoms with van der Waals surface area (Å²) in [5, 5.41) is 13.6. The molecule has 1 aromatic rings. The van der Waals surface area contributed by atoms with E-state index >= 15 is 0 Å². The number of aromatic hydroxyl groups is 1. The molecule has 2 rings (SSSR count). The quantitative estimate of drug-likeness (QED) is 0.869. The Balaban J connectivity index is 1.92. The number of ether oxygens (including phenoxy) is 1. The molecule has 1 aromatic carbocycles. The maximum Gasteiger partial charge on any atom is 0.124 e. The van der Waals surface area contributed by atoms with E-state index < -0.39 is 0 Å². The zero-order chi connectivity index (χ0) is 14.5. The smallest absolute Gasteiger partial charge is 0.124 e. The largest absolute Gasteiger partial charge is 0.507 e. The average Bonchev–Trinajstić information content (AvgIpc) is 2.46. The van der Waals surface area contributed by atoms with E-state index in [2.05, 4.69) is 24.2 Å².